The van der Waals surface area contributed by atoms with Crippen molar-refractivity contribution in [1.82, 2.24) is 0 Å². The minimum atomic E-state index is -0.613. The lowest BCUT2D eigenvalue weighted by Gasteiger charge is -2.34. The number of fused-ring (bicyclic) bond motifs is 3. The van der Waals surface area contributed by atoms with E-state index in [1.165, 1.54) is 22.3 Å². The highest BCUT2D eigenvalue weighted by Gasteiger charge is 2.45. The number of nitrogens with one attached hydrogen (secondary N) is 2. The Labute approximate surface area is 351 Å². The van der Waals surface area contributed by atoms with E-state index in [1.807, 2.05) is 72.8 Å². The lowest BCUT2D eigenvalue weighted by atomic mass is 9.68. The highest BCUT2D eigenvalue weighted by molar-refractivity contribution is 6.31. The van der Waals surface area contributed by atoms with E-state index in [1.54, 1.807) is 48.5 Å². The topological polar surface area (TPSA) is 76.7 Å². The molecule has 8 heteroatoms. The molecule has 8 aromatic carbocycles. The van der Waals surface area contributed by atoms with Crippen LogP contribution in [0.25, 0.3) is 11.1 Å². The molecule has 0 fully saturated rings. The molecule has 0 saturated heterocycles. The van der Waals surface area contributed by atoms with E-state index in [-0.39, 0.29) is 11.8 Å². The Kier molecular flexibility index (Phi) is 10.2. The molecule has 0 saturated carbocycles. The van der Waals surface area contributed by atoms with E-state index in [2.05, 4.69) is 83.4 Å². The van der Waals surface area contributed by atoms with Gasteiger partial charge in [-0.2, -0.15) is 0 Å². The second kappa shape index (κ2) is 16.0. The van der Waals surface area contributed by atoms with Crippen LogP contribution in [0.2, 0.25) is 10.0 Å². The van der Waals surface area contributed by atoms with Crippen molar-refractivity contribution >= 4 is 46.4 Å². The average molecular weight is 810 g/mol. The molecular formula is C51H34Cl2N2O4. The molecule has 286 valence electrons. The Morgan fingerprint density at radius 3 is 1.07 bits per heavy atom. The predicted octanol–water partition coefficient (Wildman–Crippen LogP) is 13.4. The van der Waals surface area contributed by atoms with E-state index in [9.17, 15) is 9.59 Å². The highest BCUT2D eigenvalue weighted by Crippen LogP contribution is 2.56. The number of benzene rings is 8. The van der Waals surface area contributed by atoms with Gasteiger partial charge in [-0.05, 0) is 155 Å². The number of hydrogen-bond donors (Lipinski definition) is 2. The fourth-order valence-electron chi connectivity index (χ4n) is 7.66. The van der Waals surface area contributed by atoms with Gasteiger partial charge < -0.3 is 20.1 Å². The van der Waals surface area contributed by atoms with E-state index < -0.39 is 5.41 Å². The monoisotopic (exact) mass is 808 g/mol. The predicted molar refractivity (Wildman–Crippen MR) is 236 cm³/mol. The van der Waals surface area contributed by atoms with Crippen LogP contribution >= 0.6 is 23.2 Å². The first kappa shape index (κ1) is 37.5. The normalized spacial score (nSPS) is 12.2. The van der Waals surface area contributed by atoms with Crippen molar-refractivity contribution in [3.05, 3.63) is 238 Å². The van der Waals surface area contributed by atoms with Crippen LogP contribution in [0, 0.1) is 0 Å². The second-order valence-electron chi connectivity index (χ2n) is 14.1. The molecule has 2 N–H and O–H groups in total. The summed E-state index contributed by atoms with van der Waals surface area (Å²) in [5.74, 6) is 2.20. The fraction of sp³-hybridized carbons (Fsp3) is 0.0196. The summed E-state index contributed by atoms with van der Waals surface area (Å²) in [4.78, 5) is 25.4. The third-order valence-corrected chi connectivity index (χ3v) is 10.9. The van der Waals surface area contributed by atoms with Gasteiger partial charge in [0.05, 0.1) is 5.41 Å². The molecule has 1 aliphatic rings. The van der Waals surface area contributed by atoms with Gasteiger partial charge >= 0.3 is 0 Å². The van der Waals surface area contributed by atoms with Crippen molar-refractivity contribution in [3.63, 3.8) is 0 Å². The quantitative estimate of drug-likeness (QED) is 0.144. The minimum Gasteiger partial charge on any atom is -0.457 e. The molecule has 0 atom stereocenters. The zero-order chi connectivity index (χ0) is 40.3. The third-order valence-electron chi connectivity index (χ3n) is 10.4. The molecule has 6 nitrogen and oxygen atoms in total. The number of carbonyl (C=O) groups excluding carboxylic acids is 2. The maximum atomic E-state index is 12.7. The number of amides is 2. The summed E-state index contributed by atoms with van der Waals surface area (Å²) in [6.07, 6.45) is 0. The van der Waals surface area contributed by atoms with Crippen molar-refractivity contribution in [2.75, 3.05) is 10.6 Å². The largest absolute Gasteiger partial charge is 0.457 e. The van der Waals surface area contributed by atoms with Gasteiger partial charge in [0.1, 0.15) is 23.0 Å². The summed E-state index contributed by atoms with van der Waals surface area (Å²) >= 11 is 11.9. The van der Waals surface area contributed by atoms with Gasteiger partial charge in [-0.25, -0.2) is 0 Å². The van der Waals surface area contributed by atoms with E-state index in [4.69, 9.17) is 32.7 Å². The van der Waals surface area contributed by atoms with E-state index in [0.717, 1.165) is 11.1 Å². The number of halogens is 2. The van der Waals surface area contributed by atoms with Crippen molar-refractivity contribution in [2.45, 2.75) is 5.41 Å². The fourth-order valence-corrected chi connectivity index (χ4v) is 7.92. The summed E-state index contributed by atoms with van der Waals surface area (Å²) in [5.41, 5.74) is 8.67. The Hall–Kier alpha value is -7.12. The molecule has 0 bridgehead atoms. The Bertz CT molecular complexity index is 2590. The van der Waals surface area contributed by atoms with Crippen LogP contribution in [0.1, 0.15) is 43.0 Å². The number of hydrogen-bond acceptors (Lipinski definition) is 4. The van der Waals surface area contributed by atoms with Crippen LogP contribution in [0.4, 0.5) is 11.4 Å². The standard InChI is InChI=1S/C51H34Cl2N2O4/c52-37-17-9-33(10-18-37)49(56)54-39-21-29-43(30-22-39)58-41-25-13-35(14-26-41)51(47-7-3-1-5-45(47)46-6-2-4-8-48(46)51)36-15-27-42(28-16-36)59-44-31-23-40(24-32-44)55-50(57)34-11-19-38(53)20-12-34/h1-32H,(H,54,56)(H,55,57). The van der Waals surface area contributed by atoms with Crippen molar-refractivity contribution in [3.8, 4) is 34.1 Å². The second-order valence-corrected chi connectivity index (χ2v) is 14.9. The Morgan fingerprint density at radius 1 is 0.390 bits per heavy atom. The van der Waals surface area contributed by atoms with Crippen LogP contribution in [0.15, 0.2) is 194 Å². The van der Waals surface area contributed by atoms with Gasteiger partial charge in [0.25, 0.3) is 11.8 Å². The highest BCUT2D eigenvalue weighted by atomic mass is 35.5. The van der Waals surface area contributed by atoms with E-state index >= 15 is 0 Å². The Balaban J connectivity index is 0.959. The molecule has 0 radical (unpaired) electrons. The molecule has 0 aliphatic heterocycles. The number of ether oxygens (including phenoxy) is 2. The first-order valence-corrected chi connectivity index (χ1v) is 19.7. The van der Waals surface area contributed by atoms with E-state index in [0.29, 0.717) is 55.5 Å². The van der Waals surface area contributed by atoms with Crippen LogP contribution in [0.3, 0.4) is 0 Å². The molecule has 0 heterocycles. The van der Waals surface area contributed by atoms with Crippen LogP contribution in [-0.4, -0.2) is 11.8 Å². The molecule has 2 amide bonds. The van der Waals surface area contributed by atoms with Crippen molar-refractivity contribution in [1.29, 1.82) is 0 Å². The number of anilines is 2. The van der Waals surface area contributed by atoms with Crippen LogP contribution < -0.4 is 20.1 Å². The summed E-state index contributed by atoms with van der Waals surface area (Å²) < 4.78 is 12.6. The average Bonchev–Trinajstić information content (AvgIpc) is 3.57. The lowest BCUT2D eigenvalue weighted by Crippen LogP contribution is -2.28. The molecule has 59 heavy (non-hydrogen) atoms. The first-order valence-electron chi connectivity index (χ1n) is 18.9. The van der Waals surface area contributed by atoms with Gasteiger partial charge in [-0.3, -0.25) is 9.59 Å². The first-order chi connectivity index (χ1) is 28.8. The third kappa shape index (κ3) is 7.55. The van der Waals surface area contributed by atoms with Gasteiger partial charge in [0.2, 0.25) is 0 Å². The number of carbonyl (C=O) groups is 2. The molecule has 1 aliphatic carbocycles. The summed E-state index contributed by atoms with van der Waals surface area (Å²) in [6.45, 7) is 0. The van der Waals surface area contributed by atoms with Crippen molar-refractivity contribution < 1.29 is 19.1 Å². The number of rotatable bonds is 10. The van der Waals surface area contributed by atoms with Gasteiger partial charge in [0.15, 0.2) is 0 Å². The molecule has 0 aromatic heterocycles. The Morgan fingerprint density at radius 2 is 0.712 bits per heavy atom. The zero-order valence-electron chi connectivity index (χ0n) is 31.4. The molecular weight excluding hydrogens is 775 g/mol. The molecule has 9 rings (SSSR count). The van der Waals surface area contributed by atoms with Gasteiger partial charge in [-0.15, -0.1) is 0 Å². The molecule has 8 aromatic rings. The maximum absolute atomic E-state index is 12.7. The van der Waals surface area contributed by atoms with Gasteiger partial charge in [-0.1, -0.05) is 96.0 Å². The van der Waals surface area contributed by atoms with Crippen LogP contribution in [-0.2, 0) is 5.41 Å². The van der Waals surface area contributed by atoms with Crippen molar-refractivity contribution in [2.24, 2.45) is 0 Å². The molecule has 0 spiro atoms. The summed E-state index contributed by atoms with van der Waals surface area (Å²) in [7, 11) is 0. The zero-order valence-corrected chi connectivity index (χ0v) is 32.9. The smallest absolute Gasteiger partial charge is 0.255 e. The van der Waals surface area contributed by atoms with Crippen LogP contribution in [0.5, 0.6) is 23.0 Å². The maximum Gasteiger partial charge on any atom is 0.255 e. The lowest BCUT2D eigenvalue weighted by molar-refractivity contribution is 0.101. The van der Waals surface area contributed by atoms with Gasteiger partial charge in [0, 0.05) is 32.5 Å². The summed E-state index contributed by atoms with van der Waals surface area (Å²) in [5, 5.41) is 6.97. The molecule has 0 unspecified atom stereocenters. The SMILES string of the molecule is O=C(Nc1ccc(Oc2ccc(C3(c4ccc(Oc5ccc(NC(=O)c6ccc(Cl)cc6)cc5)cc4)c4ccccc4-c4ccccc43)cc2)cc1)c1ccc(Cl)cc1. The minimum absolute atomic E-state index is 0.221. The summed E-state index contributed by atoms with van der Waals surface area (Å²) in [6, 6.07) is 61.7.